The quantitative estimate of drug-likeness (QED) is 0.752. The summed E-state index contributed by atoms with van der Waals surface area (Å²) >= 11 is 3.42. The molecule has 0 fully saturated rings. The topological polar surface area (TPSA) is 68.0 Å². The van der Waals surface area contributed by atoms with E-state index in [-0.39, 0.29) is 5.89 Å². The molecule has 6 heteroatoms. The first-order chi connectivity index (χ1) is 11.1. The molecule has 0 aliphatic rings. The van der Waals surface area contributed by atoms with Crippen molar-refractivity contribution in [2.75, 3.05) is 5.32 Å². The summed E-state index contributed by atoms with van der Waals surface area (Å²) in [5.41, 5.74) is 2.80. The van der Waals surface area contributed by atoms with Crippen molar-refractivity contribution in [3.05, 3.63) is 75.9 Å². The van der Waals surface area contributed by atoms with Gasteiger partial charge in [0.15, 0.2) is 0 Å². The molecule has 0 bridgehead atoms. The molecule has 0 saturated carbocycles. The van der Waals surface area contributed by atoms with E-state index in [0.717, 1.165) is 15.6 Å². The zero-order valence-corrected chi connectivity index (χ0v) is 14.0. The van der Waals surface area contributed by atoms with Crippen molar-refractivity contribution in [1.82, 2.24) is 10.2 Å². The van der Waals surface area contributed by atoms with Crippen molar-refractivity contribution < 1.29 is 9.21 Å². The Hall–Kier alpha value is -2.47. The number of amides is 1. The molecule has 116 valence electrons. The van der Waals surface area contributed by atoms with Gasteiger partial charge in [0.05, 0.1) is 12.1 Å². The fourth-order valence-electron chi connectivity index (χ4n) is 2.08. The number of rotatable bonds is 4. The van der Waals surface area contributed by atoms with Crippen LogP contribution in [0, 0.1) is 6.92 Å². The van der Waals surface area contributed by atoms with Crippen LogP contribution in [0.25, 0.3) is 0 Å². The van der Waals surface area contributed by atoms with Crippen LogP contribution in [0.4, 0.5) is 5.69 Å². The number of aromatic nitrogens is 2. The minimum absolute atomic E-state index is 0.0524. The second-order valence-corrected chi connectivity index (χ2v) is 5.96. The van der Waals surface area contributed by atoms with Gasteiger partial charge in [-0.15, -0.1) is 10.2 Å². The molecule has 0 aliphatic heterocycles. The lowest BCUT2D eigenvalue weighted by atomic mass is 10.2. The maximum atomic E-state index is 12.2. The molecule has 3 rings (SSSR count). The zero-order chi connectivity index (χ0) is 16.2. The summed E-state index contributed by atoms with van der Waals surface area (Å²) in [5.74, 6) is -0.0749. The Balaban J connectivity index is 1.71. The number of hydrogen-bond donors (Lipinski definition) is 1. The van der Waals surface area contributed by atoms with Gasteiger partial charge in [-0.2, -0.15) is 0 Å². The standard InChI is InChI=1S/C17H14BrN3O2/c1-11-7-8-14(13(18)9-11)19-16(22)17-21-20-15(23-17)10-12-5-3-2-4-6-12/h2-9H,10H2,1H3,(H,19,22). The molecule has 0 aliphatic carbocycles. The first-order valence-electron chi connectivity index (χ1n) is 7.05. The predicted octanol–water partition coefficient (Wildman–Crippen LogP) is 3.98. The van der Waals surface area contributed by atoms with Gasteiger partial charge in [-0.05, 0) is 46.1 Å². The Morgan fingerprint density at radius 2 is 1.96 bits per heavy atom. The maximum absolute atomic E-state index is 12.2. The summed E-state index contributed by atoms with van der Waals surface area (Å²) in [6.45, 7) is 1.98. The van der Waals surface area contributed by atoms with E-state index in [9.17, 15) is 4.79 Å². The number of halogens is 1. The van der Waals surface area contributed by atoms with Gasteiger partial charge in [0.2, 0.25) is 5.89 Å². The van der Waals surface area contributed by atoms with E-state index >= 15 is 0 Å². The Labute approximate surface area is 141 Å². The summed E-state index contributed by atoms with van der Waals surface area (Å²) in [6, 6.07) is 15.4. The molecule has 1 heterocycles. The van der Waals surface area contributed by atoms with Crippen LogP contribution in [0.15, 0.2) is 57.4 Å². The summed E-state index contributed by atoms with van der Waals surface area (Å²) < 4.78 is 6.24. The summed E-state index contributed by atoms with van der Waals surface area (Å²) in [4.78, 5) is 12.2. The number of nitrogens with one attached hydrogen (secondary N) is 1. The van der Waals surface area contributed by atoms with E-state index in [1.54, 1.807) is 0 Å². The fourth-order valence-corrected chi connectivity index (χ4v) is 2.68. The summed E-state index contributed by atoms with van der Waals surface area (Å²) in [5, 5.41) is 10.5. The highest BCUT2D eigenvalue weighted by Gasteiger charge is 2.16. The van der Waals surface area contributed by atoms with Gasteiger partial charge in [-0.25, -0.2) is 0 Å². The molecule has 0 saturated heterocycles. The van der Waals surface area contributed by atoms with Gasteiger partial charge in [0.1, 0.15) is 0 Å². The zero-order valence-electron chi connectivity index (χ0n) is 12.4. The second kappa shape index (κ2) is 6.75. The molecule has 0 spiro atoms. The minimum Gasteiger partial charge on any atom is -0.417 e. The smallest absolute Gasteiger partial charge is 0.313 e. The van der Waals surface area contributed by atoms with E-state index in [1.807, 2.05) is 55.5 Å². The Morgan fingerprint density at radius 3 is 2.70 bits per heavy atom. The SMILES string of the molecule is Cc1ccc(NC(=O)c2nnc(Cc3ccccc3)o2)c(Br)c1. The van der Waals surface area contributed by atoms with E-state index in [2.05, 4.69) is 31.4 Å². The first kappa shape index (κ1) is 15.4. The highest BCUT2D eigenvalue weighted by atomic mass is 79.9. The average Bonchev–Trinajstić information content (AvgIpc) is 3.00. The van der Waals surface area contributed by atoms with Crippen LogP contribution in [-0.4, -0.2) is 16.1 Å². The third-order valence-electron chi connectivity index (χ3n) is 3.23. The van der Waals surface area contributed by atoms with Crippen molar-refractivity contribution in [2.24, 2.45) is 0 Å². The van der Waals surface area contributed by atoms with Crippen LogP contribution < -0.4 is 5.32 Å². The van der Waals surface area contributed by atoms with Crippen molar-refractivity contribution in [3.63, 3.8) is 0 Å². The number of aryl methyl sites for hydroxylation is 1. The highest BCUT2D eigenvalue weighted by Crippen LogP contribution is 2.23. The Kier molecular flexibility index (Phi) is 4.52. The molecule has 0 unspecified atom stereocenters. The fraction of sp³-hybridized carbons (Fsp3) is 0.118. The molecular weight excluding hydrogens is 358 g/mol. The van der Waals surface area contributed by atoms with Crippen LogP contribution >= 0.6 is 15.9 Å². The highest BCUT2D eigenvalue weighted by molar-refractivity contribution is 9.10. The third-order valence-corrected chi connectivity index (χ3v) is 3.89. The largest absolute Gasteiger partial charge is 0.417 e. The van der Waals surface area contributed by atoms with Crippen molar-refractivity contribution in [1.29, 1.82) is 0 Å². The lowest BCUT2D eigenvalue weighted by Crippen LogP contribution is -2.12. The number of carbonyl (C=O) groups is 1. The first-order valence-corrected chi connectivity index (χ1v) is 7.85. The van der Waals surface area contributed by atoms with Crippen LogP contribution in [0.5, 0.6) is 0 Å². The monoisotopic (exact) mass is 371 g/mol. The predicted molar refractivity (Wildman–Crippen MR) is 90.4 cm³/mol. The Bertz CT molecular complexity index is 831. The number of benzene rings is 2. The molecule has 23 heavy (non-hydrogen) atoms. The van der Waals surface area contributed by atoms with Crippen LogP contribution in [0.2, 0.25) is 0 Å². The van der Waals surface area contributed by atoms with E-state index in [4.69, 9.17) is 4.42 Å². The lowest BCUT2D eigenvalue weighted by Gasteiger charge is -2.05. The maximum Gasteiger partial charge on any atom is 0.313 e. The molecule has 3 aromatic rings. The lowest BCUT2D eigenvalue weighted by molar-refractivity contribution is 0.0988. The number of carbonyl (C=O) groups excluding carboxylic acids is 1. The van der Waals surface area contributed by atoms with E-state index in [1.165, 1.54) is 0 Å². The van der Waals surface area contributed by atoms with Gasteiger partial charge in [0, 0.05) is 4.47 Å². The Morgan fingerprint density at radius 1 is 1.17 bits per heavy atom. The number of nitrogens with zero attached hydrogens (tertiary/aromatic N) is 2. The summed E-state index contributed by atoms with van der Waals surface area (Å²) in [6.07, 6.45) is 0.495. The summed E-state index contributed by atoms with van der Waals surface area (Å²) in [7, 11) is 0. The molecule has 1 amide bonds. The second-order valence-electron chi connectivity index (χ2n) is 5.10. The van der Waals surface area contributed by atoms with Gasteiger partial charge in [0.25, 0.3) is 0 Å². The number of anilines is 1. The average molecular weight is 372 g/mol. The van der Waals surface area contributed by atoms with Gasteiger partial charge in [-0.1, -0.05) is 36.4 Å². The van der Waals surface area contributed by atoms with Crippen LogP contribution in [0.3, 0.4) is 0 Å². The third kappa shape index (κ3) is 3.84. The van der Waals surface area contributed by atoms with Gasteiger partial charge < -0.3 is 9.73 Å². The molecular formula is C17H14BrN3O2. The molecule has 2 aromatic carbocycles. The molecule has 1 N–H and O–H groups in total. The van der Waals surface area contributed by atoms with Crippen LogP contribution in [0.1, 0.15) is 27.7 Å². The van der Waals surface area contributed by atoms with Gasteiger partial charge >= 0.3 is 11.8 Å². The number of hydrogen-bond acceptors (Lipinski definition) is 4. The molecule has 5 nitrogen and oxygen atoms in total. The molecule has 0 atom stereocenters. The normalized spacial score (nSPS) is 10.5. The minimum atomic E-state index is -0.429. The molecule has 0 radical (unpaired) electrons. The molecule has 1 aromatic heterocycles. The van der Waals surface area contributed by atoms with E-state index < -0.39 is 5.91 Å². The van der Waals surface area contributed by atoms with Crippen molar-refractivity contribution in [3.8, 4) is 0 Å². The van der Waals surface area contributed by atoms with Crippen molar-refractivity contribution in [2.45, 2.75) is 13.3 Å². The van der Waals surface area contributed by atoms with E-state index in [0.29, 0.717) is 18.0 Å². The van der Waals surface area contributed by atoms with Crippen LogP contribution in [-0.2, 0) is 6.42 Å². The van der Waals surface area contributed by atoms with Gasteiger partial charge in [-0.3, -0.25) is 4.79 Å². The van der Waals surface area contributed by atoms with Crippen molar-refractivity contribution >= 4 is 27.5 Å².